The van der Waals surface area contributed by atoms with Gasteiger partial charge in [0.05, 0.1) is 0 Å². The van der Waals surface area contributed by atoms with Crippen LogP contribution in [0.15, 0.2) is 0 Å². The van der Waals surface area contributed by atoms with Crippen LogP contribution in [0.5, 0.6) is 0 Å². The smallest absolute Gasteiger partial charge is 0.00387 e. The molecule has 2 heteroatoms. The third-order valence-electron chi connectivity index (χ3n) is 4.75. The monoisotopic (exact) mass is 238 g/mol. The summed E-state index contributed by atoms with van der Waals surface area (Å²) in [5.74, 6) is 1.85. The first kappa shape index (κ1) is 13.4. The van der Waals surface area contributed by atoms with Gasteiger partial charge in [-0.25, -0.2) is 0 Å². The summed E-state index contributed by atoms with van der Waals surface area (Å²) in [7, 11) is 0. The largest absolute Gasteiger partial charge is 0.302 e. The first-order valence-electron chi connectivity index (χ1n) is 7.32. The highest BCUT2D eigenvalue weighted by Crippen LogP contribution is 2.34. The molecule has 0 unspecified atom stereocenters. The molecule has 2 aliphatic rings. The molecule has 0 N–H and O–H groups in total. The molecule has 2 aliphatic heterocycles. The molecule has 0 spiro atoms. The van der Waals surface area contributed by atoms with Crippen molar-refractivity contribution in [2.45, 2.75) is 47.1 Å². The molecule has 0 amide bonds. The molecule has 100 valence electrons. The summed E-state index contributed by atoms with van der Waals surface area (Å²) < 4.78 is 0. The fraction of sp³-hybridized carbons (Fsp3) is 1.00. The molecule has 0 radical (unpaired) electrons. The lowest BCUT2D eigenvalue weighted by atomic mass is 9.76. The van der Waals surface area contributed by atoms with Crippen molar-refractivity contribution < 1.29 is 0 Å². The van der Waals surface area contributed by atoms with Gasteiger partial charge >= 0.3 is 0 Å². The Morgan fingerprint density at radius 3 is 2.24 bits per heavy atom. The van der Waals surface area contributed by atoms with Crippen molar-refractivity contribution >= 4 is 0 Å². The molecule has 17 heavy (non-hydrogen) atoms. The molecule has 2 rings (SSSR count). The molecule has 1 atom stereocenters. The van der Waals surface area contributed by atoms with Gasteiger partial charge in [0, 0.05) is 32.2 Å². The van der Waals surface area contributed by atoms with Crippen LogP contribution in [0.25, 0.3) is 0 Å². The van der Waals surface area contributed by atoms with Crippen LogP contribution in [0.4, 0.5) is 0 Å². The van der Waals surface area contributed by atoms with Crippen molar-refractivity contribution in [3.05, 3.63) is 0 Å². The number of rotatable bonds is 3. The summed E-state index contributed by atoms with van der Waals surface area (Å²) in [6, 6.07) is 0.735. The van der Waals surface area contributed by atoms with E-state index in [2.05, 4.69) is 44.4 Å². The van der Waals surface area contributed by atoms with Gasteiger partial charge in [-0.05, 0) is 44.1 Å². The van der Waals surface area contributed by atoms with Crippen molar-refractivity contribution in [2.75, 3.05) is 32.7 Å². The van der Waals surface area contributed by atoms with Crippen molar-refractivity contribution in [3.8, 4) is 0 Å². The summed E-state index contributed by atoms with van der Waals surface area (Å²) in [6.07, 6.45) is 1.41. The summed E-state index contributed by atoms with van der Waals surface area (Å²) in [6.45, 7) is 18.4. The molecule has 2 heterocycles. The maximum absolute atomic E-state index is 2.67. The van der Waals surface area contributed by atoms with E-state index in [1.807, 2.05) is 0 Å². The Kier molecular flexibility index (Phi) is 3.84. The van der Waals surface area contributed by atoms with Gasteiger partial charge in [-0.1, -0.05) is 20.8 Å². The van der Waals surface area contributed by atoms with Gasteiger partial charge in [0.15, 0.2) is 0 Å². The zero-order valence-corrected chi connectivity index (χ0v) is 12.4. The van der Waals surface area contributed by atoms with Crippen LogP contribution in [-0.2, 0) is 0 Å². The minimum absolute atomic E-state index is 0.510. The quantitative estimate of drug-likeness (QED) is 0.746. The highest BCUT2D eigenvalue weighted by atomic mass is 15.2. The molecule has 0 aromatic carbocycles. The SMILES string of the molecule is CC(C)N1CC[C@@H](CN2CC(C(C)(C)C)C2)C1. The Morgan fingerprint density at radius 1 is 1.12 bits per heavy atom. The van der Waals surface area contributed by atoms with Crippen LogP contribution in [0.1, 0.15) is 41.0 Å². The molecule has 2 fully saturated rings. The van der Waals surface area contributed by atoms with E-state index in [1.54, 1.807) is 0 Å². The Labute approximate surface area is 107 Å². The number of hydrogen-bond donors (Lipinski definition) is 0. The first-order valence-corrected chi connectivity index (χ1v) is 7.32. The van der Waals surface area contributed by atoms with Crippen LogP contribution >= 0.6 is 0 Å². The second-order valence-electron chi connectivity index (χ2n) is 7.52. The highest BCUT2D eigenvalue weighted by molar-refractivity contribution is 4.90. The molecule has 0 aromatic heterocycles. The van der Waals surface area contributed by atoms with E-state index in [0.29, 0.717) is 5.41 Å². The molecular weight excluding hydrogens is 208 g/mol. The fourth-order valence-electron chi connectivity index (χ4n) is 3.11. The predicted molar refractivity (Wildman–Crippen MR) is 74.2 cm³/mol. The maximum Gasteiger partial charge on any atom is 0.00387 e. The lowest BCUT2D eigenvalue weighted by molar-refractivity contribution is 0.0145. The van der Waals surface area contributed by atoms with Crippen molar-refractivity contribution in [2.24, 2.45) is 17.3 Å². The lowest BCUT2D eigenvalue weighted by Gasteiger charge is -2.47. The van der Waals surface area contributed by atoms with Crippen molar-refractivity contribution in [1.82, 2.24) is 9.80 Å². The highest BCUT2D eigenvalue weighted by Gasteiger charge is 2.37. The minimum Gasteiger partial charge on any atom is -0.302 e. The van der Waals surface area contributed by atoms with Crippen molar-refractivity contribution in [3.63, 3.8) is 0 Å². The van der Waals surface area contributed by atoms with Gasteiger partial charge < -0.3 is 9.80 Å². The van der Waals surface area contributed by atoms with Gasteiger partial charge in [-0.2, -0.15) is 0 Å². The van der Waals surface area contributed by atoms with Gasteiger partial charge in [-0.3, -0.25) is 0 Å². The van der Waals surface area contributed by atoms with Gasteiger partial charge in [0.25, 0.3) is 0 Å². The molecule has 0 bridgehead atoms. The van der Waals surface area contributed by atoms with Gasteiger partial charge in [0.1, 0.15) is 0 Å². The molecule has 2 saturated heterocycles. The fourth-order valence-corrected chi connectivity index (χ4v) is 3.11. The summed E-state index contributed by atoms with van der Waals surface area (Å²) >= 11 is 0. The molecule has 0 aromatic rings. The van der Waals surface area contributed by atoms with E-state index in [9.17, 15) is 0 Å². The third-order valence-corrected chi connectivity index (χ3v) is 4.75. The van der Waals surface area contributed by atoms with E-state index >= 15 is 0 Å². The Bertz CT molecular complexity index is 248. The van der Waals surface area contributed by atoms with E-state index in [4.69, 9.17) is 0 Å². The predicted octanol–water partition coefficient (Wildman–Crippen LogP) is 2.69. The zero-order chi connectivity index (χ0) is 12.6. The molecule has 0 saturated carbocycles. The number of hydrogen-bond acceptors (Lipinski definition) is 2. The Hall–Kier alpha value is -0.0800. The second kappa shape index (κ2) is 4.89. The van der Waals surface area contributed by atoms with Crippen LogP contribution in [0.2, 0.25) is 0 Å². The second-order valence-corrected chi connectivity index (χ2v) is 7.52. The molecular formula is C15H30N2. The Morgan fingerprint density at radius 2 is 1.76 bits per heavy atom. The van der Waals surface area contributed by atoms with Crippen LogP contribution in [0.3, 0.4) is 0 Å². The van der Waals surface area contributed by atoms with Crippen LogP contribution in [0, 0.1) is 17.3 Å². The normalized spacial score (nSPS) is 28.9. The van der Waals surface area contributed by atoms with Crippen LogP contribution < -0.4 is 0 Å². The van der Waals surface area contributed by atoms with Gasteiger partial charge in [-0.15, -0.1) is 0 Å². The first-order chi connectivity index (χ1) is 7.86. The topological polar surface area (TPSA) is 6.48 Å². The molecule has 2 nitrogen and oxygen atoms in total. The average Bonchev–Trinajstić information content (AvgIpc) is 2.56. The zero-order valence-electron chi connectivity index (χ0n) is 12.4. The lowest BCUT2D eigenvalue weighted by Crippen LogP contribution is -2.53. The Balaban J connectivity index is 1.68. The molecule has 0 aliphatic carbocycles. The number of nitrogens with zero attached hydrogens (tertiary/aromatic N) is 2. The van der Waals surface area contributed by atoms with E-state index in [1.165, 1.54) is 39.1 Å². The maximum atomic E-state index is 2.67. The van der Waals surface area contributed by atoms with E-state index < -0.39 is 0 Å². The third kappa shape index (κ3) is 3.23. The van der Waals surface area contributed by atoms with E-state index in [-0.39, 0.29) is 0 Å². The van der Waals surface area contributed by atoms with Gasteiger partial charge in [0.2, 0.25) is 0 Å². The van der Waals surface area contributed by atoms with Crippen molar-refractivity contribution in [1.29, 1.82) is 0 Å². The average molecular weight is 238 g/mol. The van der Waals surface area contributed by atoms with E-state index in [0.717, 1.165) is 17.9 Å². The minimum atomic E-state index is 0.510. The number of likely N-dealkylation sites (tertiary alicyclic amines) is 2. The standard InChI is InChI=1S/C15H30N2/c1-12(2)17-7-6-13(9-17)8-16-10-14(11-16)15(3,4)5/h12-14H,6-11H2,1-5H3/t13-/m0/s1. The summed E-state index contributed by atoms with van der Waals surface area (Å²) in [5.41, 5.74) is 0.510. The summed E-state index contributed by atoms with van der Waals surface area (Å²) in [4.78, 5) is 5.30. The van der Waals surface area contributed by atoms with Crippen LogP contribution in [-0.4, -0.2) is 48.6 Å². The summed E-state index contributed by atoms with van der Waals surface area (Å²) in [5, 5.41) is 0.